The summed E-state index contributed by atoms with van der Waals surface area (Å²) in [5.41, 5.74) is -1.31. The molecule has 2 N–H and O–H groups in total. The summed E-state index contributed by atoms with van der Waals surface area (Å²) in [5, 5.41) is 13.4. The first-order chi connectivity index (χ1) is 25.7. The van der Waals surface area contributed by atoms with Crippen molar-refractivity contribution in [3.05, 3.63) is 59.4 Å². The molecule has 4 heterocycles. The lowest BCUT2D eigenvalue weighted by molar-refractivity contribution is -0.155. The van der Waals surface area contributed by atoms with Crippen molar-refractivity contribution in [1.82, 2.24) is 25.3 Å². The van der Waals surface area contributed by atoms with Gasteiger partial charge >= 0.3 is 5.97 Å². The lowest BCUT2D eigenvalue weighted by atomic mass is 9.56. The largest absolute Gasteiger partial charge is 0.490 e. The number of carbonyl (C=O) groups excluding carboxylic acids is 1. The molecule has 0 radical (unpaired) electrons. The average molecular weight is 750 g/mol. The van der Waals surface area contributed by atoms with E-state index in [0.29, 0.717) is 69.4 Å². The topological polar surface area (TPSA) is 134 Å². The van der Waals surface area contributed by atoms with Crippen LogP contribution in [0.1, 0.15) is 108 Å². The van der Waals surface area contributed by atoms with Crippen molar-refractivity contribution < 1.29 is 32.6 Å². The first-order valence-corrected chi connectivity index (χ1v) is 19.3. The number of ether oxygens (including phenoxy) is 1. The molecule has 2 bridgehead atoms. The SMILES string of the molecule is CCC1(CC)CN(c2ncc(C(=O)NC3(C(=O)O)C(C)CC4CC(C)CC3C4)c(C(C)(F)F)n2)c2ccc(OC3CCN(c4ncc(F)cn4)CC3)cc21. The minimum absolute atomic E-state index is 0.0417. The zero-order valence-corrected chi connectivity index (χ0v) is 31.6. The van der Waals surface area contributed by atoms with Crippen LogP contribution in [0.4, 0.5) is 30.8 Å². The van der Waals surface area contributed by atoms with Gasteiger partial charge in [0.2, 0.25) is 11.9 Å². The summed E-state index contributed by atoms with van der Waals surface area (Å²) >= 11 is 0. The van der Waals surface area contributed by atoms with Crippen LogP contribution in [-0.4, -0.2) is 68.2 Å². The van der Waals surface area contributed by atoms with E-state index in [4.69, 9.17) is 4.74 Å². The summed E-state index contributed by atoms with van der Waals surface area (Å²) in [4.78, 5) is 47.9. The molecule has 2 saturated carbocycles. The highest BCUT2D eigenvalue weighted by Gasteiger charge is 2.57. The molecule has 1 saturated heterocycles. The first kappa shape index (κ1) is 37.8. The normalized spacial score (nSPS) is 26.7. The Kier molecular flexibility index (Phi) is 10.0. The predicted molar refractivity (Wildman–Crippen MR) is 197 cm³/mol. The van der Waals surface area contributed by atoms with Gasteiger partial charge in [0.25, 0.3) is 11.8 Å². The van der Waals surface area contributed by atoms with E-state index in [-0.39, 0.29) is 29.3 Å². The van der Waals surface area contributed by atoms with E-state index in [0.717, 1.165) is 61.9 Å². The molecule has 7 rings (SSSR count). The number of nitrogens with zero attached hydrogens (tertiary/aromatic N) is 6. The summed E-state index contributed by atoms with van der Waals surface area (Å²) in [6.45, 7) is 10.6. The van der Waals surface area contributed by atoms with Crippen molar-refractivity contribution in [3.8, 4) is 5.75 Å². The van der Waals surface area contributed by atoms with Gasteiger partial charge in [-0.2, -0.15) is 8.78 Å². The molecule has 5 unspecified atom stereocenters. The number of carbonyl (C=O) groups is 2. The number of amides is 1. The summed E-state index contributed by atoms with van der Waals surface area (Å²) in [5.74, 6) is -4.81. The van der Waals surface area contributed by atoms with Gasteiger partial charge in [0.1, 0.15) is 23.1 Å². The van der Waals surface area contributed by atoms with Crippen molar-refractivity contribution in [2.24, 2.45) is 23.7 Å². The standard InChI is InChI=1S/C40H50F3N7O4/c1-6-39(7-2)22-50(32-9-8-29(18-31(32)39)54-28-10-12-49(13-11-28)36-44-19-27(41)20-45-36)37-46-21-30(33(47-37)38(5,42)43)34(51)48-40(35(52)53)24(4)16-25-14-23(3)15-26(40)17-25/h8-9,18-21,23-26,28H,6-7,10-17,22H2,1-5H3,(H,48,51)(H,52,53). The number of hydrogen-bond acceptors (Lipinski definition) is 9. The number of alkyl halides is 2. The third-order valence-electron chi connectivity index (χ3n) is 12.8. The number of halogens is 3. The van der Waals surface area contributed by atoms with Gasteiger partial charge in [-0.3, -0.25) is 4.79 Å². The maximum Gasteiger partial charge on any atom is 0.329 e. The van der Waals surface area contributed by atoms with Crippen LogP contribution in [0.25, 0.3) is 0 Å². The van der Waals surface area contributed by atoms with Crippen LogP contribution in [0.5, 0.6) is 5.75 Å². The molecule has 11 nitrogen and oxygen atoms in total. The van der Waals surface area contributed by atoms with Crippen LogP contribution in [-0.2, 0) is 16.1 Å². The second-order valence-electron chi connectivity index (χ2n) is 16.2. The van der Waals surface area contributed by atoms with E-state index in [1.165, 1.54) is 0 Å². The molecule has 2 aromatic heterocycles. The molecule has 3 aromatic rings. The zero-order valence-electron chi connectivity index (χ0n) is 31.6. The van der Waals surface area contributed by atoms with Crippen molar-refractivity contribution >= 4 is 29.5 Å². The molecule has 54 heavy (non-hydrogen) atoms. The Bertz CT molecular complexity index is 1880. The van der Waals surface area contributed by atoms with Crippen molar-refractivity contribution in [2.45, 2.75) is 109 Å². The molecule has 2 aliphatic heterocycles. The van der Waals surface area contributed by atoms with Crippen LogP contribution in [0.3, 0.4) is 0 Å². The Balaban J connectivity index is 1.14. The molecule has 1 amide bonds. The highest BCUT2D eigenvalue weighted by Crippen LogP contribution is 2.51. The summed E-state index contributed by atoms with van der Waals surface area (Å²) in [7, 11) is 0. The van der Waals surface area contributed by atoms with Gasteiger partial charge in [-0.1, -0.05) is 27.7 Å². The fourth-order valence-electron chi connectivity index (χ4n) is 9.91. The number of carboxylic acid groups (broad SMARTS) is 1. The number of aromatic nitrogens is 4. The van der Waals surface area contributed by atoms with Crippen LogP contribution in [0, 0.1) is 29.5 Å². The zero-order chi connectivity index (χ0) is 38.6. The van der Waals surface area contributed by atoms with Gasteiger partial charge in [-0.15, -0.1) is 0 Å². The number of anilines is 3. The van der Waals surface area contributed by atoms with E-state index >= 15 is 8.78 Å². The maximum absolute atomic E-state index is 15.5. The highest BCUT2D eigenvalue weighted by atomic mass is 19.3. The Morgan fingerprint density at radius 3 is 2.33 bits per heavy atom. The number of hydrogen-bond donors (Lipinski definition) is 2. The number of aliphatic carboxylic acids is 1. The summed E-state index contributed by atoms with van der Waals surface area (Å²) < 4.78 is 50.7. The van der Waals surface area contributed by atoms with Crippen LogP contribution >= 0.6 is 0 Å². The molecule has 14 heteroatoms. The highest BCUT2D eigenvalue weighted by molar-refractivity contribution is 5.99. The number of benzene rings is 1. The molecule has 3 fully saturated rings. The second-order valence-corrected chi connectivity index (χ2v) is 16.2. The van der Waals surface area contributed by atoms with E-state index in [2.05, 4.69) is 46.0 Å². The quantitative estimate of drug-likeness (QED) is 0.216. The minimum Gasteiger partial charge on any atom is -0.490 e. The number of carboxylic acids is 1. The molecule has 2 aliphatic carbocycles. The maximum atomic E-state index is 15.5. The predicted octanol–water partition coefficient (Wildman–Crippen LogP) is 7.42. The van der Waals surface area contributed by atoms with E-state index in [1.54, 1.807) is 0 Å². The third kappa shape index (κ3) is 6.74. The van der Waals surface area contributed by atoms with Gasteiger partial charge in [-0.25, -0.2) is 29.1 Å². The summed E-state index contributed by atoms with van der Waals surface area (Å²) in [6, 6.07) is 5.81. The number of rotatable bonds is 10. The molecular weight excluding hydrogens is 699 g/mol. The molecular formula is C40H50F3N7O4. The molecule has 1 aromatic carbocycles. The lowest BCUT2D eigenvalue weighted by Crippen LogP contribution is -2.66. The Hall–Kier alpha value is -4.49. The van der Waals surface area contributed by atoms with Crippen molar-refractivity contribution in [3.63, 3.8) is 0 Å². The molecule has 4 aliphatic rings. The van der Waals surface area contributed by atoms with Gasteiger partial charge in [0, 0.05) is 56.7 Å². The second kappa shape index (κ2) is 14.3. The number of fused-ring (bicyclic) bond motifs is 3. The van der Waals surface area contributed by atoms with E-state index in [1.807, 2.05) is 34.9 Å². The molecule has 0 spiro atoms. The Labute approximate surface area is 314 Å². The smallest absolute Gasteiger partial charge is 0.329 e. The molecule has 5 atom stereocenters. The number of nitrogens with one attached hydrogen (secondary N) is 1. The fourth-order valence-corrected chi connectivity index (χ4v) is 9.91. The number of piperidine rings is 1. The first-order valence-electron chi connectivity index (χ1n) is 19.3. The summed E-state index contributed by atoms with van der Waals surface area (Å²) in [6.07, 6.45) is 9.36. The molecule has 290 valence electrons. The van der Waals surface area contributed by atoms with Crippen LogP contribution in [0.15, 0.2) is 36.8 Å². The van der Waals surface area contributed by atoms with Gasteiger partial charge in [-0.05, 0) is 86.0 Å². The van der Waals surface area contributed by atoms with Gasteiger partial charge in [0.05, 0.1) is 18.0 Å². The monoisotopic (exact) mass is 749 g/mol. The van der Waals surface area contributed by atoms with Gasteiger partial charge in [0.15, 0.2) is 5.82 Å². The van der Waals surface area contributed by atoms with Gasteiger partial charge < -0.3 is 25.0 Å². The van der Waals surface area contributed by atoms with E-state index in [9.17, 15) is 19.1 Å². The van der Waals surface area contributed by atoms with Crippen LogP contribution in [0.2, 0.25) is 0 Å². The van der Waals surface area contributed by atoms with Crippen molar-refractivity contribution in [1.29, 1.82) is 0 Å². The third-order valence-corrected chi connectivity index (χ3v) is 12.8. The minimum atomic E-state index is -3.52. The Morgan fingerprint density at radius 1 is 1.00 bits per heavy atom. The van der Waals surface area contributed by atoms with Crippen LogP contribution < -0.4 is 19.9 Å². The van der Waals surface area contributed by atoms with E-state index < -0.39 is 40.4 Å². The fraction of sp³-hybridized carbons (Fsp3) is 0.600. The lowest BCUT2D eigenvalue weighted by Gasteiger charge is -2.52. The van der Waals surface area contributed by atoms with Crippen molar-refractivity contribution in [2.75, 3.05) is 29.4 Å². The Morgan fingerprint density at radius 2 is 1.69 bits per heavy atom. The average Bonchev–Trinajstić information content (AvgIpc) is 3.47.